The van der Waals surface area contributed by atoms with Crippen LogP contribution in [-0.2, 0) is 0 Å². The van der Waals surface area contributed by atoms with Crippen molar-refractivity contribution in [2.24, 2.45) is 0 Å². The number of hydrogen-bond donors (Lipinski definition) is 0. The van der Waals surface area contributed by atoms with Crippen LogP contribution in [0.5, 0.6) is 0 Å². The molecule has 0 aromatic carbocycles. The Hall–Kier alpha value is 0.727. The molecule has 74 valence electrons. The van der Waals surface area contributed by atoms with Crippen molar-refractivity contribution in [3.05, 3.63) is 0 Å². The summed E-state index contributed by atoms with van der Waals surface area (Å²) in [7, 11) is 0. The van der Waals surface area contributed by atoms with E-state index in [0.29, 0.717) is 11.5 Å². The van der Waals surface area contributed by atoms with Crippen LogP contribution in [0.4, 0.5) is 0 Å². The summed E-state index contributed by atoms with van der Waals surface area (Å²) < 4.78 is 0. The summed E-state index contributed by atoms with van der Waals surface area (Å²) in [5.41, 5.74) is -1.13. The lowest BCUT2D eigenvalue weighted by Crippen LogP contribution is -2.26. The lowest BCUT2D eigenvalue weighted by molar-refractivity contribution is 0.360. The second kappa shape index (κ2) is 5.57. The third-order valence-corrected chi connectivity index (χ3v) is 10.2. The van der Waals surface area contributed by atoms with E-state index >= 15 is 0 Å². The van der Waals surface area contributed by atoms with Gasteiger partial charge in [0.25, 0.3) is 0 Å². The smallest absolute Gasteiger partial charge is 0.198 e. The minimum atomic E-state index is -1.13. The number of nitrogens with zero attached hydrogens (tertiary/aromatic N) is 1. The summed E-state index contributed by atoms with van der Waals surface area (Å²) in [4.78, 5) is 0. The van der Waals surface area contributed by atoms with Crippen LogP contribution in [0.3, 0.4) is 0 Å². The lowest BCUT2D eigenvalue weighted by Gasteiger charge is -2.37. The maximum atomic E-state index is 8.61. The summed E-state index contributed by atoms with van der Waals surface area (Å²) in [6.07, 6.45) is 8.31. The minimum absolute atomic E-state index is 0.399. The molecule has 1 unspecified atom stereocenters. The van der Waals surface area contributed by atoms with Crippen LogP contribution in [0.2, 0.25) is 5.04 Å². The van der Waals surface area contributed by atoms with Crippen molar-refractivity contribution < 1.29 is 0 Å². The molecule has 13 heavy (non-hydrogen) atoms. The Bertz CT molecular complexity index is 196. The van der Waals surface area contributed by atoms with Crippen molar-refractivity contribution in [2.75, 3.05) is 0 Å². The van der Waals surface area contributed by atoms with Crippen molar-refractivity contribution >= 4 is 38.5 Å². The fourth-order valence-corrected chi connectivity index (χ4v) is 7.13. The van der Waals surface area contributed by atoms with Crippen LogP contribution in [0.25, 0.3) is 0 Å². The molecule has 1 rings (SSSR count). The predicted molar refractivity (Wildman–Crippen MR) is 67.6 cm³/mol. The third kappa shape index (κ3) is 3.10. The van der Waals surface area contributed by atoms with Gasteiger partial charge in [-0.3, -0.25) is 0 Å². The van der Waals surface area contributed by atoms with Crippen LogP contribution in [0.15, 0.2) is 0 Å². The van der Waals surface area contributed by atoms with Crippen LogP contribution in [0, 0.1) is 11.3 Å². The van der Waals surface area contributed by atoms with Gasteiger partial charge < -0.3 is 0 Å². The van der Waals surface area contributed by atoms with Crippen molar-refractivity contribution in [1.82, 2.24) is 0 Å². The Morgan fingerprint density at radius 2 is 2.00 bits per heavy atom. The van der Waals surface area contributed by atoms with Gasteiger partial charge in [-0.1, -0.05) is 19.3 Å². The second-order valence-corrected chi connectivity index (χ2v) is 13.0. The van der Waals surface area contributed by atoms with Gasteiger partial charge in [0.1, 0.15) is 0 Å². The number of halogens is 2. The van der Waals surface area contributed by atoms with Crippen molar-refractivity contribution in [2.45, 2.75) is 50.0 Å². The first-order valence-electron chi connectivity index (χ1n) is 4.86. The average Bonchev–Trinajstić information content (AvgIpc) is 2.16. The summed E-state index contributed by atoms with van der Waals surface area (Å²) in [5.74, 6) is 0. The Morgan fingerprint density at radius 3 is 2.46 bits per heavy atom. The molecule has 0 spiro atoms. The molecule has 0 amide bonds. The molecule has 1 atom stereocenters. The van der Waals surface area contributed by atoms with Gasteiger partial charge in [-0.25, -0.2) is 0 Å². The molecule has 1 aliphatic carbocycles. The van der Waals surface area contributed by atoms with Crippen molar-refractivity contribution in [3.8, 4) is 6.07 Å². The fraction of sp³-hybridized carbons (Fsp3) is 0.889. The topological polar surface area (TPSA) is 23.8 Å². The van der Waals surface area contributed by atoms with E-state index in [4.69, 9.17) is 16.3 Å². The molecule has 0 aromatic heterocycles. The molecule has 0 saturated heterocycles. The Labute approximate surface area is 99.4 Å². The van der Waals surface area contributed by atoms with Gasteiger partial charge in [0, 0.05) is 6.42 Å². The first-order chi connectivity index (χ1) is 6.21. The molecule has 0 bridgehead atoms. The standard InChI is InChI=1S/C9H15ClINSi/c10-13(11)9(7-4-8-12)5-2-1-3-6-9/h13H,1-7H2. The van der Waals surface area contributed by atoms with Gasteiger partial charge in [0.15, 0.2) is 0 Å². The Morgan fingerprint density at radius 1 is 1.38 bits per heavy atom. The van der Waals surface area contributed by atoms with Crippen molar-refractivity contribution in [1.29, 1.82) is 5.26 Å². The van der Waals surface area contributed by atoms with Gasteiger partial charge in [-0.05, 0) is 24.3 Å². The first kappa shape index (κ1) is 11.8. The van der Waals surface area contributed by atoms with Gasteiger partial charge in [0.2, 0.25) is 5.60 Å². The van der Waals surface area contributed by atoms with Gasteiger partial charge >= 0.3 is 0 Å². The fourth-order valence-electron chi connectivity index (χ4n) is 2.14. The highest BCUT2D eigenvalue weighted by molar-refractivity contribution is 14.1. The predicted octanol–water partition coefficient (Wildman–Crippen LogP) is 3.89. The van der Waals surface area contributed by atoms with Crippen LogP contribution in [0.1, 0.15) is 44.9 Å². The zero-order chi connectivity index (χ0) is 9.73. The molecule has 0 aromatic rings. The monoisotopic (exact) mass is 327 g/mol. The molecule has 1 fully saturated rings. The molecule has 1 saturated carbocycles. The quantitative estimate of drug-likeness (QED) is 0.438. The largest absolute Gasteiger partial charge is 0.213 e. The molecule has 1 aliphatic rings. The molecule has 0 heterocycles. The zero-order valence-electron chi connectivity index (χ0n) is 7.73. The molecule has 1 nitrogen and oxygen atoms in total. The summed E-state index contributed by atoms with van der Waals surface area (Å²) in [6, 6.07) is 2.25. The lowest BCUT2D eigenvalue weighted by atomic mass is 9.85. The molecular weight excluding hydrogens is 313 g/mol. The Balaban J connectivity index is 2.57. The van der Waals surface area contributed by atoms with E-state index in [1.165, 1.54) is 32.1 Å². The maximum Gasteiger partial charge on any atom is 0.213 e. The number of rotatable bonds is 3. The van der Waals surface area contributed by atoms with Gasteiger partial charge in [-0.15, -0.1) is 21.8 Å². The maximum absolute atomic E-state index is 8.61. The highest BCUT2D eigenvalue weighted by atomic mass is 127. The SMILES string of the molecule is N#CCCC1([SiH](Cl)I)CCCCC1. The number of hydrogen-bond acceptors (Lipinski definition) is 1. The highest BCUT2D eigenvalue weighted by Crippen LogP contribution is 2.51. The van der Waals surface area contributed by atoms with E-state index in [-0.39, 0.29) is 0 Å². The zero-order valence-corrected chi connectivity index (χ0v) is 11.8. The first-order valence-corrected chi connectivity index (χ1v) is 11.4. The van der Waals surface area contributed by atoms with E-state index in [9.17, 15) is 0 Å². The molecular formula is C9H15ClINSi. The van der Waals surface area contributed by atoms with Crippen molar-refractivity contribution in [3.63, 3.8) is 0 Å². The van der Waals surface area contributed by atoms with E-state index in [1.807, 2.05) is 0 Å². The normalized spacial score (nSPS) is 23.5. The minimum Gasteiger partial charge on any atom is -0.198 e. The summed E-state index contributed by atoms with van der Waals surface area (Å²) >= 11 is 8.81. The summed E-state index contributed by atoms with van der Waals surface area (Å²) in [6.45, 7) is 0. The average molecular weight is 328 g/mol. The molecule has 0 aliphatic heterocycles. The van der Waals surface area contributed by atoms with Crippen LogP contribution in [-0.4, -0.2) is 5.60 Å². The molecule has 0 radical (unpaired) electrons. The third-order valence-electron chi connectivity index (χ3n) is 3.05. The van der Waals surface area contributed by atoms with E-state index in [1.54, 1.807) is 0 Å². The van der Waals surface area contributed by atoms with E-state index < -0.39 is 5.60 Å². The van der Waals surface area contributed by atoms with Gasteiger partial charge in [0.05, 0.1) is 6.07 Å². The van der Waals surface area contributed by atoms with Crippen LogP contribution >= 0.6 is 32.9 Å². The summed E-state index contributed by atoms with van der Waals surface area (Å²) in [5, 5.41) is 9.01. The van der Waals surface area contributed by atoms with Gasteiger partial charge in [-0.2, -0.15) is 16.3 Å². The van der Waals surface area contributed by atoms with Crippen LogP contribution < -0.4 is 0 Å². The second-order valence-electron chi connectivity index (χ2n) is 3.88. The number of nitriles is 1. The van der Waals surface area contributed by atoms with E-state index in [2.05, 4.69) is 27.9 Å². The molecule has 0 N–H and O–H groups in total. The Kier molecular flexibility index (Phi) is 5.06. The molecule has 4 heteroatoms. The van der Waals surface area contributed by atoms with E-state index in [0.717, 1.165) is 6.42 Å². The highest BCUT2D eigenvalue weighted by Gasteiger charge is 2.38.